The molecular weight excluding hydrogens is 706 g/mol. The second-order valence-electron chi connectivity index (χ2n) is 17.1. The molecule has 1 aliphatic heterocycles. The molecule has 8 N–H and O–H groups in total. The maximum absolute atomic E-state index is 14.3. The fourth-order valence-electron chi connectivity index (χ4n) is 9.63. The standard InChI is InChI=1S/C40H67N7O8/c1-4-9-32-38(51)46-35(25-10-7-5-6-8-11-25)39(52)44-30(20-41)37(50)45-31(22-54-29-18-28(42)19-29)36(49)43-21-34(48)55-33(23(2)40(53)47(32)3)15-14-27-17-24-12-13-26(27)16-24/h23-33,35H,4-22,41-42H2,1-3H3,(H,43,49)(H,44,52)(H,45,50)(H,46,51)/t23-,24?,26?,27?,28-,29-,30+,31+,32+,33-,35+/m1/s1. The third kappa shape index (κ3) is 11.4. The van der Waals surface area contributed by atoms with Crippen molar-refractivity contribution in [1.82, 2.24) is 26.2 Å². The topological polar surface area (TPSA) is 224 Å². The zero-order valence-corrected chi connectivity index (χ0v) is 33.2. The minimum atomic E-state index is -1.23. The van der Waals surface area contributed by atoms with E-state index in [9.17, 15) is 28.8 Å². The van der Waals surface area contributed by atoms with Gasteiger partial charge in [-0.3, -0.25) is 28.8 Å². The predicted octanol–water partition coefficient (Wildman–Crippen LogP) is 1.40. The second-order valence-corrected chi connectivity index (χ2v) is 17.1. The van der Waals surface area contributed by atoms with E-state index in [-0.39, 0.29) is 37.1 Å². The molecule has 5 amide bonds. The number of likely N-dealkylation sites (N-methyl/N-ethyl adjacent to an activating group) is 1. The SMILES string of the molecule is CCC[C@H]1C(=O)N[C@@H](C2CCCCCC2)C(=O)N[C@@H](CN)C(=O)N[C@@H](CO[C@H]2C[C@H](N)C2)C(=O)NCC(=O)O[C@H](CCC2CC3CCC2C3)[C@@H](C)C(=O)N1C. The van der Waals surface area contributed by atoms with Gasteiger partial charge in [-0.25, -0.2) is 0 Å². The number of ether oxygens (including phenoxy) is 2. The molecule has 1 heterocycles. The van der Waals surface area contributed by atoms with Gasteiger partial charge in [0.2, 0.25) is 29.5 Å². The van der Waals surface area contributed by atoms with Crippen LogP contribution in [0.2, 0.25) is 0 Å². The Kier molecular flexibility index (Phi) is 15.7. The lowest BCUT2D eigenvalue weighted by molar-refractivity contribution is -0.158. The number of hydrogen-bond acceptors (Lipinski definition) is 10. The molecule has 310 valence electrons. The Hall–Kier alpha value is -3.30. The summed E-state index contributed by atoms with van der Waals surface area (Å²) in [7, 11) is 1.59. The number of carbonyl (C=O) groups is 6. The molecule has 0 spiro atoms. The maximum Gasteiger partial charge on any atom is 0.325 e. The molecular formula is C40H67N7O8. The molecule has 2 bridgehead atoms. The number of rotatable bonds is 10. The van der Waals surface area contributed by atoms with E-state index in [2.05, 4.69) is 21.3 Å². The van der Waals surface area contributed by atoms with E-state index in [4.69, 9.17) is 20.9 Å². The summed E-state index contributed by atoms with van der Waals surface area (Å²) >= 11 is 0. The molecule has 15 heteroatoms. The number of nitrogens with one attached hydrogen (secondary N) is 4. The Morgan fingerprint density at radius 3 is 2.11 bits per heavy atom. The molecule has 1 saturated heterocycles. The summed E-state index contributed by atoms with van der Waals surface area (Å²) in [5, 5.41) is 11.0. The molecule has 3 unspecified atom stereocenters. The Balaban J connectivity index is 1.42. The first-order chi connectivity index (χ1) is 26.4. The number of esters is 1. The molecule has 5 rings (SSSR count). The van der Waals surface area contributed by atoms with E-state index in [1.165, 1.54) is 24.2 Å². The quantitative estimate of drug-likeness (QED) is 0.138. The Morgan fingerprint density at radius 1 is 0.782 bits per heavy atom. The molecule has 9 atom stereocenters. The number of carbonyl (C=O) groups excluding carboxylic acids is 6. The van der Waals surface area contributed by atoms with Crippen LogP contribution in [-0.2, 0) is 38.2 Å². The predicted molar refractivity (Wildman–Crippen MR) is 205 cm³/mol. The third-order valence-corrected chi connectivity index (χ3v) is 13.1. The van der Waals surface area contributed by atoms with Crippen molar-refractivity contribution in [1.29, 1.82) is 0 Å². The second kappa shape index (κ2) is 20.2. The van der Waals surface area contributed by atoms with Crippen LogP contribution in [-0.4, -0.2) is 110 Å². The fraction of sp³-hybridized carbons (Fsp3) is 0.850. The summed E-state index contributed by atoms with van der Waals surface area (Å²) in [6.45, 7) is 2.68. The van der Waals surface area contributed by atoms with Crippen molar-refractivity contribution < 1.29 is 38.2 Å². The van der Waals surface area contributed by atoms with Crippen LogP contribution in [0.25, 0.3) is 0 Å². The van der Waals surface area contributed by atoms with Gasteiger partial charge in [0, 0.05) is 19.6 Å². The molecule has 4 saturated carbocycles. The zero-order valence-electron chi connectivity index (χ0n) is 33.2. The van der Waals surface area contributed by atoms with Gasteiger partial charge in [0.25, 0.3) is 0 Å². The fourth-order valence-corrected chi connectivity index (χ4v) is 9.63. The number of fused-ring (bicyclic) bond motifs is 2. The maximum atomic E-state index is 14.3. The van der Waals surface area contributed by atoms with Crippen LogP contribution in [0.1, 0.15) is 117 Å². The van der Waals surface area contributed by atoms with Crippen LogP contribution in [0.15, 0.2) is 0 Å². The third-order valence-electron chi connectivity index (χ3n) is 13.1. The summed E-state index contributed by atoms with van der Waals surface area (Å²) < 4.78 is 11.9. The van der Waals surface area contributed by atoms with Gasteiger partial charge in [0.15, 0.2) is 0 Å². The molecule has 0 radical (unpaired) electrons. The number of nitrogens with two attached hydrogens (primary N) is 2. The van der Waals surface area contributed by atoms with Crippen LogP contribution in [0.3, 0.4) is 0 Å². The van der Waals surface area contributed by atoms with Gasteiger partial charge >= 0.3 is 5.97 Å². The van der Waals surface area contributed by atoms with Crippen molar-refractivity contribution in [2.45, 2.75) is 159 Å². The van der Waals surface area contributed by atoms with E-state index in [1.807, 2.05) is 6.92 Å². The Morgan fingerprint density at radius 2 is 1.49 bits per heavy atom. The highest BCUT2D eigenvalue weighted by molar-refractivity contribution is 5.96. The highest BCUT2D eigenvalue weighted by Gasteiger charge is 2.42. The summed E-state index contributed by atoms with van der Waals surface area (Å²) in [4.78, 5) is 84.7. The largest absolute Gasteiger partial charge is 0.460 e. The average molecular weight is 774 g/mol. The van der Waals surface area contributed by atoms with Crippen molar-refractivity contribution in [3.05, 3.63) is 0 Å². The highest BCUT2D eigenvalue weighted by Crippen LogP contribution is 2.50. The van der Waals surface area contributed by atoms with E-state index in [0.717, 1.165) is 44.4 Å². The molecule has 4 aliphatic carbocycles. The molecule has 55 heavy (non-hydrogen) atoms. The van der Waals surface area contributed by atoms with Crippen molar-refractivity contribution in [2.24, 2.45) is 41.1 Å². The smallest absolute Gasteiger partial charge is 0.325 e. The molecule has 15 nitrogen and oxygen atoms in total. The van der Waals surface area contributed by atoms with Crippen LogP contribution in [0.4, 0.5) is 0 Å². The van der Waals surface area contributed by atoms with Gasteiger partial charge in [-0.1, -0.05) is 52.4 Å². The Labute approximate surface area is 326 Å². The number of hydrogen-bond donors (Lipinski definition) is 6. The number of amides is 5. The van der Waals surface area contributed by atoms with E-state index < -0.39 is 72.3 Å². The molecule has 0 aromatic heterocycles. The summed E-state index contributed by atoms with van der Waals surface area (Å²) in [5.41, 5.74) is 11.9. The molecule has 0 aromatic rings. The van der Waals surface area contributed by atoms with Crippen molar-refractivity contribution >= 4 is 35.5 Å². The summed E-state index contributed by atoms with van der Waals surface area (Å²) in [6.07, 6.45) is 12.6. The van der Waals surface area contributed by atoms with Gasteiger partial charge in [0.1, 0.15) is 36.8 Å². The van der Waals surface area contributed by atoms with E-state index in [1.54, 1.807) is 14.0 Å². The first kappa shape index (κ1) is 42.8. The molecule has 5 fully saturated rings. The van der Waals surface area contributed by atoms with E-state index in [0.29, 0.717) is 56.8 Å². The minimum Gasteiger partial charge on any atom is -0.460 e. The first-order valence-electron chi connectivity index (χ1n) is 21.1. The van der Waals surface area contributed by atoms with Gasteiger partial charge < -0.3 is 47.1 Å². The normalized spacial score (nSPS) is 36.3. The van der Waals surface area contributed by atoms with Crippen LogP contribution in [0, 0.1) is 29.6 Å². The monoisotopic (exact) mass is 774 g/mol. The van der Waals surface area contributed by atoms with Gasteiger partial charge in [0.05, 0.1) is 18.6 Å². The van der Waals surface area contributed by atoms with Gasteiger partial charge in [-0.05, 0) is 87.9 Å². The average Bonchev–Trinajstić information content (AvgIpc) is 3.69. The van der Waals surface area contributed by atoms with E-state index >= 15 is 0 Å². The van der Waals surface area contributed by atoms with Crippen LogP contribution in [0.5, 0.6) is 0 Å². The lowest BCUT2D eigenvalue weighted by Crippen LogP contribution is -2.62. The van der Waals surface area contributed by atoms with Crippen LogP contribution >= 0.6 is 0 Å². The summed E-state index contributed by atoms with van der Waals surface area (Å²) in [6, 6.07) is -4.32. The molecule has 5 aliphatic rings. The summed E-state index contributed by atoms with van der Waals surface area (Å²) in [5.74, 6) is -2.54. The lowest BCUT2D eigenvalue weighted by atomic mass is 9.83. The highest BCUT2D eigenvalue weighted by atomic mass is 16.5. The molecule has 0 aromatic carbocycles. The van der Waals surface area contributed by atoms with Crippen LogP contribution < -0.4 is 32.7 Å². The van der Waals surface area contributed by atoms with Crippen molar-refractivity contribution in [3.8, 4) is 0 Å². The lowest BCUT2D eigenvalue weighted by Gasteiger charge is -2.34. The van der Waals surface area contributed by atoms with Crippen molar-refractivity contribution in [2.75, 3.05) is 26.7 Å². The first-order valence-corrected chi connectivity index (χ1v) is 21.1. The zero-order chi connectivity index (χ0) is 39.6. The number of nitrogens with zero attached hydrogens (tertiary/aromatic N) is 1. The number of cyclic esters (lactones) is 1. The van der Waals surface area contributed by atoms with Gasteiger partial charge in [-0.15, -0.1) is 0 Å². The minimum absolute atomic E-state index is 0.000477. The Bertz CT molecular complexity index is 1350. The van der Waals surface area contributed by atoms with Crippen molar-refractivity contribution in [3.63, 3.8) is 0 Å². The van der Waals surface area contributed by atoms with Gasteiger partial charge in [-0.2, -0.15) is 0 Å².